The quantitative estimate of drug-likeness (QED) is 0.131. The van der Waals surface area contributed by atoms with Gasteiger partial charge in [-0.1, -0.05) is 44.7 Å². The highest BCUT2D eigenvalue weighted by atomic mass is 19.4. The largest absolute Gasteiger partial charge is 0.490 e. The summed E-state index contributed by atoms with van der Waals surface area (Å²) in [6.07, 6.45) is 4.68. The number of benzene rings is 1. The van der Waals surface area contributed by atoms with E-state index in [1.165, 1.54) is 6.08 Å². The van der Waals surface area contributed by atoms with E-state index >= 15 is 0 Å². The summed E-state index contributed by atoms with van der Waals surface area (Å²) in [4.78, 5) is 67.7. The predicted molar refractivity (Wildman–Crippen MR) is 218 cm³/mol. The molecule has 4 saturated heterocycles. The fraction of sp³-hybridized carbons (Fsp3) is 0.548. The van der Waals surface area contributed by atoms with E-state index < -0.39 is 17.7 Å². The van der Waals surface area contributed by atoms with Crippen LogP contribution in [0.3, 0.4) is 0 Å². The number of anilines is 1. The molecule has 2 N–H and O–H groups in total. The van der Waals surface area contributed by atoms with Gasteiger partial charge in [0.25, 0.3) is 5.56 Å². The number of aliphatic carboxylic acids is 1. The molecule has 1 aromatic carbocycles. The van der Waals surface area contributed by atoms with Crippen molar-refractivity contribution in [1.29, 1.82) is 5.26 Å². The molecule has 60 heavy (non-hydrogen) atoms. The zero-order valence-corrected chi connectivity index (χ0v) is 34.1. The van der Waals surface area contributed by atoms with Crippen molar-refractivity contribution in [3.05, 3.63) is 63.5 Å². The van der Waals surface area contributed by atoms with E-state index in [0.29, 0.717) is 46.9 Å². The average molecular weight is 833 g/mol. The lowest BCUT2D eigenvalue weighted by Gasteiger charge is -2.34. The molecule has 5 fully saturated rings. The molecule has 0 unspecified atom stereocenters. The minimum absolute atomic E-state index is 0.00546. The Kier molecular flexibility index (Phi) is 12.5. The van der Waals surface area contributed by atoms with Gasteiger partial charge in [0.2, 0.25) is 17.5 Å². The molecule has 6 heterocycles. The molecule has 0 radical (unpaired) electrons. The second kappa shape index (κ2) is 17.6. The van der Waals surface area contributed by atoms with E-state index in [9.17, 15) is 32.8 Å². The van der Waals surface area contributed by atoms with Crippen molar-refractivity contribution in [3.63, 3.8) is 0 Å². The van der Waals surface area contributed by atoms with Crippen molar-refractivity contribution < 1.29 is 32.7 Å². The molecule has 15 nitrogen and oxygen atoms in total. The first-order valence-corrected chi connectivity index (χ1v) is 20.8. The van der Waals surface area contributed by atoms with Crippen LogP contribution in [0.15, 0.2) is 52.4 Å². The Hall–Kier alpha value is -5.54. The second-order valence-corrected chi connectivity index (χ2v) is 16.2. The van der Waals surface area contributed by atoms with E-state index in [1.807, 2.05) is 33.0 Å². The van der Waals surface area contributed by atoms with Crippen molar-refractivity contribution in [1.82, 2.24) is 39.0 Å². The molecule has 6 aliphatic rings. The first-order valence-electron chi connectivity index (χ1n) is 20.8. The summed E-state index contributed by atoms with van der Waals surface area (Å²) in [5.74, 6) is -2.20. The van der Waals surface area contributed by atoms with Crippen LogP contribution < -0.4 is 10.9 Å². The van der Waals surface area contributed by atoms with Gasteiger partial charge in [-0.15, -0.1) is 0 Å². The van der Waals surface area contributed by atoms with Crippen molar-refractivity contribution in [2.45, 2.75) is 70.1 Å². The Labute approximate surface area is 345 Å². The van der Waals surface area contributed by atoms with Crippen LogP contribution in [0.2, 0.25) is 0 Å². The van der Waals surface area contributed by atoms with E-state index in [0.717, 1.165) is 127 Å². The van der Waals surface area contributed by atoms with Crippen LogP contribution in [0.4, 0.5) is 19.1 Å². The van der Waals surface area contributed by atoms with Crippen LogP contribution >= 0.6 is 0 Å². The fourth-order valence-electron chi connectivity index (χ4n) is 7.97. The Bertz CT molecular complexity index is 2310. The van der Waals surface area contributed by atoms with Crippen LogP contribution in [-0.2, 0) is 26.5 Å². The van der Waals surface area contributed by atoms with E-state index in [-0.39, 0.29) is 17.1 Å². The third-order valence-electron chi connectivity index (χ3n) is 11.7. The highest BCUT2D eigenvalue weighted by Gasteiger charge is 2.44. The molecule has 1 saturated carbocycles. The monoisotopic (exact) mass is 832 g/mol. The van der Waals surface area contributed by atoms with Gasteiger partial charge in [0, 0.05) is 102 Å². The minimum Gasteiger partial charge on any atom is -0.475 e. The van der Waals surface area contributed by atoms with Gasteiger partial charge < -0.3 is 30.0 Å². The number of rotatable bonds is 10. The molecule has 0 amide bonds. The molecule has 3 aromatic rings. The number of carbonyl (C=O) groups is 3. The number of likely N-dealkylation sites (N-methyl/N-ethyl adjacent to an activating group) is 1. The minimum atomic E-state index is -5.08. The maximum absolute atomic E-state index is 14.2. The molecular formula is C42H51F3N10O5. The number of alkyl halides is 3. The zero-order chi connectivity index (χ0) is 42.8. The number of hydrogen-bond acceptors (Lipinski definition) is 13. The number of pyridine rings is 1. The molecular weight excluding hydrogens is 782 g/mol. The number of piperazine rings is 1. The number of halogens is 3. The first-order chi connectivity index (χ1) is 28.7. The smallest absolute Gasteiger partial charge is 0.475 e. The summed E-state index contributed by atoms with van der Waals surface area (Å²) < 4.78 is 33.5. The van der Waals surface area contributed by atoms with Gasteiger partial charge >= 0.3 is 12.1 Å². The fourth-order valence-corrected chi connectivity index (χ4v) is 7.97. The van der Waals surface area contributed by atoms with Crippen LogP contribution in [0.25, 0.3) is 21.8 Å². The Morgan fingerprint density at radius 2 is 1.53 bits per heavy atom. The molecule has 320 valence electrons. The lowest BCUT2D eigenvalue weighted by Crippen LogP contribution is -2.44. The lowest BCUT2D eigenvalue weighted by molar-refractivity contribution is -0.192. The van der Waals surface area contributed by atoms with Gasteiger partial charge in [0.1, 0.15) is 22.6 Å². The number of ketones is 2. The summed E-state index contributed by atoms with van der Waals surface area (Å²) in [6, 6.07) is 8.76. The van der Waals surface area contributed by atoms with Crippen molar-refractivity contribution in [2.24, 2.45) is 0 Å². The predicted octanol–water partition coefficient (Wildman–Crippen LogP) is 3.90. The van der Waals surface area contributed by atoms with Crippen LogP contribution in [-0.4, -0.2) is 147 Å². The summed E-state index contributed by atoms with van der Waals surface area (Å²) in [7, 11) is 2.16. The lowest BCUT2D eigenvalue weighted by atomic mass is 9.82. The van der Waals surface area contributed by atoms with Crippen LogP contribution in [0, 0.1) is 11.3 Å². The number of unbranched alkanes of at least 4 members (excludes halogenated alkanes) is 1. The van der Waals surface area contributed by atoms with Crippen molar-refractivity contribution >= 4 is 45.3 Å². The number of hydrogen-bond donors (Lipinski definition) is 2. The number of nitriles is 1. The second-order valence-electron chi connectivity index (χ2n) is 16.2. The van der Waals surface area contributed by atoms with E-state index in [2.05, 4.69) is 46.2 Å². The number of nitrogens with one attached hydrogen (secondary N) is 1. The Balaban J connectivity index is 0.000000185. The van der Waals surface area contributed by atoms with Gasteiger partial charge in [-0.25, -0.2) is 9.78 Å². The molecule has 2 aliphatic carbocycles. The normalized spacial score (nSPS) is 20.2. The summed E-state index contributed by atoms with van der Waals surface area (Å²) >= 11 is 0. The van der Waals surface area contributed by atoms with E-state index in [1.54, 1.807) is 4.57 Å². The van der Waals surface area contributed by atoms with Gasteiger partial charge in [-0.05, 0) is 43.3 Å². The standard InChI is InChI=1S/C28H37N7O.C12H13N3O2.C2HF3O2/c1-3-4-12-30-27-31-18-24-22-9-8-21(19-34-15-13-33(2)14-16-34)17-23(22)26(36)35(25(24)32-27)28(20-29)10-6-5-7-11-28;16-9-7-8(13-1-2-13)12(17)11(15-5-6-15)10(9)14-3-4-14;3-2(4,5)1(6)7/h8-9,17-18H,3-7,10-16,19H2,1-2H3,(H,30,31,32);7H,1-6H2;(H,6,7). The molecule has 18 heteroatoms. The maximum Gasteiger partial charge on any atom is 0.490 e. The number of nitrogens with zero attached hydrogens (tertiary/aromatic N) is 9. The SMILES string of the molecule is CCCCNc1ncc2c3ccc(CN4CCN(C)CC4)cc3c(=O)n(C3(C#N)CCCCC3)c2n1.O=C(O)C(F)(F)F.O=C1C=C(N2CC2)C(=O)C(N2CC2)=C1N1CC1. The van der Waals surface area contributed by atoms with Gasteiger partial charge in [-0.3, -0.25) is 23.9 Å². The molecule has 0 bridgehead atoms. The van der Waals surface area contributed by atoms with Gasteiger partial charge in [-0.2, -0.15) is 23.4 Å². The number of allylic oxidation sites excluding steroid dienone is 1. The Morgan fingerprint density at radius 1 is 0.900 bits per heavy atom. The molecule has 0 spiro atoms. The van der Waals surface area contributed by atoms with E-state index in [4.69, 9.17) is 14.9 Å². The molecule has 2 aromatic heterocycles. The van der Waals surface area contributed by atoms with Crippen molar-refractivity contribution in [2.75, 3.05) is 84.4 Å². The molecule has 9 rings (SSSR count). The van der Waals surface area contributed by atoms with Crippen LogP contribution in [0.1, 0.15) is 57.4 Å². The third kappa shape index (κ3) is 9.42. The molecule has 4 aliphatic heterocycles. The number of carboxylic acid groups (broad SMARTS) is 1. The maximum atomic E-state index is 14.2. The molecule has 0 atom stereocenters. The number of Topliss-reactive ketones (excluding diaryl/α,β-unsaturated/α-hetero) is 1. The number of fused-ring (bicyclic) bond motifs is 3. The summed E-state index contributed by atoms with van der Waals surface area (Å²) in [5, 5.41) is 23.2. The number of carboxylic acids is 1. The van der Waals surface area contributed by atoms with Gasteiger partial charge in [0.15, 0.2) is 0 Å². The summed E-state index contributed by atoms with van der Waals surface area (Å²) in [6.45, 7) is 13.3. The zero-order valence-electron chi connectivity index (χ0n) is 34.1. The third-order valence-corrected chi connectivity index (χ3v) is 11.7. The topological polar surface area (TPSA) is 171 Å². The first kappa shape index (κ1) is 42.6. The van der Waals surface area contributed by atoms with Crippen molar-refractivity contribution in [3.8, 4) is 6.07 Å². The van der Waals surface area contributed by atoms with Gasteiger partial charge in [0.05, 0.1) is 11.8 Å². The van der Waals surface area contributed by atoms with Crippen LogP contribution in [0.5, 0.6) is 0 Å². The highest BCUT2D eigenvalue weighted by molar-refractivity contribution is 6.22. The number of carbonyl (C=O) groups excluding carboxylic acids is 2. The Morgan fingerprint density at radius 3 is 2.12 bits per heavy atom. The highest BCUT2D eigenvalue weighted by Crippen LogP contribution is 2.37. The summed E-state index contributed by atoms with van der Waals surface area (Å²) in [5.41, 5.74) is 2.60. The number of aromatic nitrogens is 3. The average Bonchev–Trinajstić information content (AvgIpc) is 4.06.